The second-order valence-corrected chi connectivity index (χ2v) is 4.68. The first-order valence-corrected chi connectivity index (χ1v) is 6.76. The second kappa shape index (κ2) is 7.21. The molecule has 0 atom stereocenters. The zero-order chi connectivity index (χ0) is 13.5. The summed E-state index contributed by atoms with van der Waals surface area (Å²) in [5.41, 5.74) is 1.43. The molecule has 0 amide bonds. The Hall–Kier alpha value is -1.46. The maximum atomic E-state index is 11.6. The standard InChI is InChI=1S/C14H21N3O2/c1-19-14(18)12-4-2-6-16-13(12)5-3-9-17-10-7-15-8-11-17/h2,4,6,15H,3,5,7-11H2,1H3. The lowest BCUT2D eigenvalue weighted by Gasteiger charge is -2.27. The third-order valence-corrected chi connectivity index (χ3v) is 3.39. The molecule has 1 aromatic heterocycles. The molecule has 0 unspecified atom stereocenters. The van der Waals surface area contributed by atoms with Crippen molar-refractivity contribution in [2.24, 2.45) is 0 Å². The third-order valence-electron chi connectivity index (χ3n) is 3.39. The van der Waals surface area contributed by atoms with Crippen LogP contribution in [0, 0.1) is 0 Å². The number of carbonyl (C=O) groups is 1. The van der Waals surface area contributed by atoms with E-state index in [1.54, 1.807) is 18.3 Å². The Labute approximate surface area is 114 Å². The van der Waals surface area contributed by atoms with Gasteiger partial charge in [-0.25, -0.2) is 4.79 Å². The number of hydrogen-bond donors (Lipinski definition) is 1. The molecule has 1 aliphatic rings. The van der Waals surface area contributed by atoms with Crippen LogP contribution in [-0.4, -0.2) is 55.7 Å². The molecule has 104 valence electrons. The van der Waals surface area contributed by atoms with E-state index in [1.807, 2.05) is 0 Å². The second-order valence-electron chi connectivity index (χ2n) is 4.68. The molecule has 0 radical (unpaired) electrons. The number of aromatic nitrogens is 1. The molecule has 0 saturated carbocycles. The third kappa shape index (κ3) is 4.01. The number of methoxy groups -OCH3 is 1. The van der Waals surface area contributed by atoms with Crippen LogP contribution >= 0.6 is 0 Å². The van der Waals surface area contributed by atoms with Crippen molar-refractivity contribution in [3.63, 3.8) is 0 Å². The lowest BCUT2D eigenvalue weighted by atomic mass is 10.1. The Morgan fingerprint density at radius 2 is 2.26 bits per heavy atom. The van der Waals surface area contributed by atoms with E-state index >= 15 is 0 Å². The van der Waals surface area contributed by atoms with Crippen molar-refractivity contribution < 1.29 is 9.53 Å². The molecule has 1 saturated heterocycles. The summed E-state index contributed by atoms with van der Waals surface area (Å²) in [5, 5.41) is 3.34. The van der Waals surface area contributed by atoms with Crippen molar-refractivity contribution in [1.29, 1.82) is 0 Å². The van der Waals surface area contributed by atoms with Gasteiger partial charge in [0.05, 0.1) is 18.4 Å². The molecule has 1 fully saturated rings. The molecule has 0 aromatic carbocycles. The Bertz CT molecular complexity index is 417. The molecule has 0 spiro atoms. The van der Waals surface area contributed by atoms with Gasteiger partial charge in [-0.3, -0.25) is 4.98 Å². The van der Waals surface area contributed by atoms with Gasteiger partial charge in [-0.15, -0.1) is 0 Å². The van der Waals surface area contributed by atoms with E-state index in [4.69, 9.17) is 4.74 Å². The minimum Gasteiger partial charge on any atom is -0.465 e. The van der Waals surface area contributed by atoms with E-state index in [1.165, 1.54) is 7.11 Å². The van der Waals surface area contributed by atoms with E-state index in [-0.39, 0.29) is 5.97 Å². The van der Waals surface area contributed by atoms with Gasteiger partial charge in [0.25, 0.3) is 0 Å². The lowest BCUT2D eigenvalue weighted by Crippen LogP contribution is -2.43. The SMILES string of the molecule is COC(=O)c1cccnc1CCCN1CCNCC1. The first-order chi connectivity index (χ1) is 9.31. The first-order valence-electron chi connectivity index (χ1n) is 6.76. The fourth-order valence-corrected chi connectivity index (χ4v) is 2.34. The van der Waals surface area contributed by atoms with Crippen molar-refractivity contribution in [2.45, 2.75) is 12.8 Å². The van der Waals surface area contributed by atoms with Crippen LogP contribution in [0.2, 0.25) is 0 Å². The Morgan fingerprint density at radius 3 is 3.00 bits per heavy atom. The Morgan fingerprint density at radius 1 is 1.47 bits per heavy atom. The molecular formula is C14H21N3O2. The minimum absolute atomic E-state index is 0.301. The number of nitrogens with zero attached hydrogens (tertiary/aromatic N) is 2. The highest BCUT2D eigenvalue weighted by Crippen LogP contribution is 2.10. The van der Waals surface area contributed by atoms with Crippen LogP contribution in [0.25, 0.3) is 0 Å². The van der Waals surface area contributed by atoms with Crippen LogP contribution in [0.1, 0.15) is 22.5 Å². The number of piperazine rings is 1. The molecule has 1 aromatic rings. The summed E-state index contributed by atoms with van der Waals surface area (Å²) in [6.07, 6.45) is 3.56. The van der Waals surface area contributed by atoms with E-state index in [0.29, 0.717) is 5.56 Å². The highest BCUT2D eigenvalue weighted by molar-refractivity contribution is 5.90. The van der Waals surface area contributed by atoms with Crippen molar-refractivity contribution >= 4 is 5.97 Å². The van der Waals surface area contributed by atoms with Gasteiger partial charge >= 0.3 is 5.97 Å². The quantitative estimate of drug-likeness (QED) is 0.793. The molecule has 5 nitrogen and oxygen atoms in total. The van der Waals surface area contributed by atoms with Gasteiger partial charge in [-0.2, -0.15) is 0 Å². The van der Waals surface area contributed by atoms with E-state index in [2.05, 4.69) is 15.2 Å². The smallest absolute Gasteiger partial charge is 0.339 e. The van der Waals surface area contributed by atoms with Crippen LogP contribution < -0.4 is 5.32 Å². The summed E-state index contributed by atoms with van der Waals surface area (Å²) in [6.45, 7) is 5.39. The fraction of sp³-hybridized carbons (Fsp3) is 0.571. The van der Waals surface area contributed by atoms with E-state index < -0.39 is 0 Å². The summed E-state index contributed by atoms with van der Waals surface area (Å²) in [7, 11) is 1.40. The topological polar surface area (TPSA) is 54.5 Å². The number of esters is 1. The van der Waals surface area contributed by atoms with E-state index in [9.17, 15) is 4.79 Å². The molecule has 2 rings (SSSR count). The van der Waals surface area contributed by atoms with Gasteiger partial charge in [0.15, 0.2) is 0 Å². The number of pyridine rings is 1. The molecule has 19 heavy (non-hydrogen) atoms. The van der Waals surface area contributed by atoms with Crippen LogP contribution in [0.4, 0.5) is 0 Å². The van der Waals surface area contributed by atoms with Crippen LogP contribution in [0.5, 0.6) is 0 Å². The highest BCUT2D eigenvalue weighted by atomic mass is 16.5. The largest absolute Gasteiger partial charge is 0.465 e. The van der Waals surface area contributed by atoms with Gasteiger partial charge in [-0.05, 0) is 31.5 Å². The Kier molecular flexibility index (Phi) is 5.30. The zero-order valence-corrected chi connectivity index (χ0v) is 11.4. The van der Waals surface area contributed by atoms with Gasteiger partial charge < -0.3 is 15.0 Å². The molecule has 2 heterocycles. The normalized spacial score (nSPS) is 16.3. The summed E-state index contributed by atoms with van der Waals surface area (Å²) >= 11 is 0. The molecule has 5 heteroatoms. The molecule has 0 aliphatic carbocycles. The predicted octanol–water partition coefficient (Wildman–Crippen LogP) is 0.706. The number of nitrogens with one attached hydrogen (secondary N) is 1. The maximum absolute atomic E-state index is 11.6. The summed E-state index contributed by atoms with van der Waals surface area (Å²) in [4.78, 5) is 18.4. The minimum atomic E-state index is -0.301. The van der Waals surface area contributed by atoms with Gasteiger partial charge in [0.2, 0.25) is 0 Å². The number of ether oxygens (including phenoxy) is 1. The number of hydrogen-bond acceptors (Lipinski definition) is 5. The maximum Gasteiger partial charge on any atom is 0.339 e. The van der Waals surface area contributed by atoms with Crippen LogP contribution in [-0.2, 0) is 11.2 Å². The number of carbonyl (C=O) groups excluding carboxylic acids is 1. The van der Waals surface area contributed by atoms with Crippen molar-refractivity contribution in [2.75, 3.05) is 39.8 Å². The van der Waals surface area contributed by atoms with Gasteiger partial charge in [-0.1, -0.05) is 0 Å². The molecule has 1 N–H and O–H groups in total. The summed E-state index contributed by atoms with van der Waals surface area (Å²) in [5.74, 6) is -0.301. The Balaban J connectivity index is 1.86. The monoisotopic (exact) mass is 263 g/mol. The summed E-state index contributed by atoms with van der Waals surface area (Å²) < 4.78 is 4.78. The van der Waals surface area contributed by atoms with Gasteiger partial charge in [0, 0.05) is 32.4 Å². The van der Waals surface area contributed by atoms with Gasteiger partial charge in [0.1, 0.15) is 0 Å². The molecule has 1 aliphatic heterocycles. The van der Waals surface area contributed by atoms with E-state index in [0.717, 1.165) is 51.3 Å². The number of aryl methyl sites for hydroxylation is 1. The average Bonchev–Trinajstić information content (AvgIpc) is 2.48. The van der Waals surface area contributed by atoms with Crippen molar-refractivity contribution in [3.05, 3.63) is 29.6 Å². The summed E-state index contributed by atoms with van der Waals surface area (Å²) in [6, 6.07) is 3.55. The first kappa shape index (κ1) is 14.0. The fourth-order valence-electron chi connectivity index (χ4n) is 2.34. The predicted molar refractivity (Wildman–Crippen MR) is 73.2 cm³/mol. The van der Waals surface area contributed by atoms with Crippen LogP contribution in [0.3, 0.4) is 0 Å². The van der Waals surface area contributed by atoms with Crippen molar-refractivity contribution in [3.8, 4) is 0 Å². The molecule has 0 bridgehead atoms. The molecular weight excluding hydrogens is 242 g/mol. The zero-order valence-electron chi connectivity index (χ0n) is 11.4. The van der Waals surface area contributed by atoms with Crippen molar-refractivity contribution in [1.82, 2.24) is 15.2 Å². The number of rotatable bonds is 5. The average molecular weight is 263 g/mol. The van der Waals surface area contributed by atoms with Crippen LogP contribution in [0.15, 0.2) is 18.3 Å². The lowest BCUT2D eigenvalue weighted by molar-refractivity contribution is 0.0598. The highest BCUT2D eigenvalue weighted by Gasteiger charge is 2.13.